The molecule has 2 unspecified atom stereocenters. The SMILES string of the molecule is CC1CC(C)CN(C(=O)c2ccccc2NC(=O)c2csc(CN)n2)C1. The number of aromatic nitrogens is 1. The minimum Gasteiger partial charge on any atom is -0.338 e. The monoisotopic (exact) mass is 372 g/mol. The van der Waals surface area contributed by atoms with Crippen molar-refractivity contribution < 1.29 is 9.59 Å². The summed E-state index contributed by atoms with van der Waals surface area (Å²) in [4.78, 5) is 31.6. The number of nitrogens with one attached hydrogen (secondary N) is 1. The van der Waals surface area contributed by atoms with Gasteiger partial charge >= 0.3 is 0 Å². The smallest absolute Gasteiger partial charge is 0.275 e. The van der Waals surface area contributed by atoms with Crippen molar-refractivity contribution >= 4 is 28.8 Å². The van der Waals surface area contributed by atoms with Gasteiger partial charge in [0.2, 0.25) is 0 Å². The van der Waals surface area contributed by atoms with Crippen LogP contribution in [0.2, 0.25) is 0 Å². The summed E-state index contributed by atoms with van der Waals surface area (Å²) in [5.41, 5.74) is 6.89. The van der Waals surface area contributed by atoms with Gasteiger partial charge in [-0.2, -0.15) is 0 Å². The molecule has 1 aromatic carbocycles. The normalized spacial score (nSPS) is 20.0. The summed E-state index contributed by atoms with van der Waals surface area (Å²) in [5, 5.41) is 5.20. The van der Waals surface area contributed by atoms with Gasteiger partial charge < -0.3 is 16.0 Å². The van der Waals surface area contributed by atoms with E-state index in [2.05, 4.69) is 24.1 Å². The molecule has 7 heteroatoms. The molecule has 3 rings (SSSR count). The quantitative estimate of drug-likeness (QED) is 0.864. The zero-order valence-electron chi connectivity index (χ0n) is 15.1. The van der Waals surface area contributed by atoms with Crippen molar-refractivity contribution in [2.75, 3.05) is 18.4 Å². The lowest BCUT2D eigenvalue weighted by Gasteiger charge is -2.35. The number of hydrogen-bond acceptors (Lipinski definition) is 5. The number of benzene rings is 1. The first-order valence-electron chi connectivity index (χ1n) is 8.82. The van der Waals surface area contributed by atoms with E-state index >= 15 is 0 Å². The van der Waals surface area contributed by atoms with E-state index in [1.807, 2.05) is 11.0 Å². The number of anilines is 1. The topological polar surface area (TPSA) is 88.3 Å². The van der Waals surface area contributed by atoms with Crippen molar-refractivity contribution in [1.29, 1.82) is 0 Å². The van der Waals surface area contributed by atoms with Gasteiger partial charge in [0.15, 0.2) is 0 Å². The van der Waals surface area contributed by atoms with Crippen LogP contribution >= 0.6 is 11.3 Å². The third-order valence-corrected chi connectivity index (χ3v) is 5.39. The van der Waals surface area contributed by atoms with Crippen molar-refractivity contribution in [1.82, 2.24) is 9.88 Å². The number of thiazole rings is 1. The summed E-state index contributed by atoms with van der Waals surface area (Å²) in [6.45, 7) is 6.13. The summed E-state index contributed by atoms with van der Waals surface area (Å²) < 4.78 is 0. The summed E-state index contributed by atoms with van der Waals surface area (Å²) >= 11 is 1.35. The average Bonchev–Trinajstić information content (AvgIpc) is 3.10. The lowest BCUT2D eigenvalue weighted by molar-refractivity contribution is 0.0624. The van der Waals surface area contributed by atoms with Gasteiger partial charge in [0.25, 0.3) is 11.8 Å². The number of para-hydroxylation sites is 1. The summed E-state index contributed by atoms with van der Waals surface area (Å²) in [7, 11) is 0. The van der Waals surface area contributed by atoms with Crippen LogP contribution < -0.4 is 11.1 Å². The molecule has 1 aliphatic rings. The Morgan fingerprint density at radius 1 is 1.27 bits per heavy atom. The highest BCUT2D eigenvalue weighted by Crippen LogP contribution is 2.25. The third-order valence-electron chi connectivity index (χ3n) is 4.52. The molecule has 2 heterocycles. The molecular formula is C19H24N4O2S. The molecule has 1 saturated heterocycles. The molecule has 0 bridgehead atoms. The van der Waals surface area contributed by atoms with Crippen LogP contribution in [-0.2, 0) is 6.54 Å². The molecule has 1 aromatic heterocycles. The standard InChI is InChI=1S/C19H24N4O2S/c1-12-7-13(2)10-23(9-12)19(25)14-5-3-4-6-15(14)22-18(24)16-11-26-17(8-20)21-16/h3-6,11-13H,7-10,20H2,1-2H3,(H,22,24). The van der Waals surface area contributed by atoms with E-state index in [1.165, 1.54) is 11.3 Å². The van der Waals surface area contributed by atoms with Gasteiger partial charge in [0.1, 0.15) is 10.7 Å². The van der Waals surface area contributed by atoms with Crippen LogP contribution in [0.5, 0.6) is 0 Å². The highest BCUT2D eigenvalue weighted by atomic mass is 32.1. The number of hydrogen-bond donors (Lipinski definition) is 2. The van der Waals surface area contributed by atoms with Gasteiger partial charge in [-0.05, 0) is 30.4 Å². The number of carbonyl (C=O) groups excluding carboxylic acids is 2. The van der Waals surface area contributed by atoms with Crippen LogP contribution in [0.1, 0.15) is 46.1 Å². The molecule has 2 amide bonds. The summed E-state index contributed by atoms with van der Waals surface area (Å²) in [6.07, 6.45) is 1.13. The number of nitrogens with zero attached hydrogens (tertiary/aromatic N) is 2. The Bertz CT molecular complexity index is 794. The number of piperidine rings is 1. The van der Waals surface area contributed by atoms with Crippen molar-refractivity contribution in [3.8, 4) is 0 Å². The fourth-order valence-corrected chi connectivity index (χ4v) is 4.13. The van der Waals surface area contributed by atoms with E-state index in [1.54, 1.807) is 23.6 Å². The summed E-state index contributed by atoms with van der Waals surface area (Å²) in [5.74, 6) is 0.588. The first kappa shape index (κ1) is 18.5. The minimum atomic E-state index is -0.332. The van der Waals surface area contributed by atoms with E-state index in [0.717, 1.165) is 19.5 Å². The molecule has 1 fully saturated rings. The number of nitrogens with two attached hydrogens (primary N) is 1. The van der Waals surface area contributed by atoms with Crippen LogP contribution in [0.3, 0.4) is 0 Å². The first-order chi connectivity index (χ1) is 12.5. The second kappa shape index (κ2) is 7.97. The lowest BCUT2D eigenvalue weighted by atomic mass is 9.91. The highest BCUT2D eigenvalue weighted by Gasteiger charge is 2.27. The van der Waals surface area contributed by atoms with Crippen molar-refractivity contribution in [2.45, 2.75) is 26.8 Å². The summed E-state index contributed by atoms with van der Waals surface area (Å²) in [6, 6.07) is 7.13. The first-order valence-corrected chi connectivity index (χ1v) is 9.70. The molecule has 2 atom stereocenters. The van der Waals surface area contributed by atoms with Gasteiger partial charge in [-0.15, -0.1) is 11.3 Å². The molecular weight excluding hydrogens is 348 g/mol. The zero-order chi connectivity index (χ0) is 18.7. The van der Waals surface area contributed by atoms with Gasteiger partial charge in [-0.25, -0.2) is 4.98 Å². The van der Waals surface area contributed by atoms with E-state index in [4.69, 9.17) is 5.73 Å². The molecule has 1 aliphatic heterocycles. The van der Waals surface area contributed by atoms with Gasteiger partial charge in [0, 0.05) is 25.0 Å². The zero-order valence-corrected chi connectivity index (χ0v) is 15.9. The maximum Gasteiger partial charge on any atom is 0.275 e. The molecule has 138 valence electrons. The molecule has 26 heavy (non-hydrogen) atoms. The van der Waals surface area contributed by atoms with Gasteiger partial charge in [0.05, 0.1) is 11.3 Å². The van der Waals surface area contributed by atoms with Crippen LogP contribution in [0, 0.1) is 11.8 Å². The van der Waals surface area contributed by atoms with Crippen molar-refractivity contribution in [3.05, 3.63) is 45.9 Å². The fourth-order valence-electron chi connectivity index (χ4n) is 3.47. The Hall–Kier alpha value is -2.25. The highest BCUT2D eigenvalue weighted by molar-refractivity contribution is 7.09. The Morgan fingerprint density at radius 2 is 1.96 bits per heavy atom. The molecule has 3 N–H and O–H groups in total. The second-order valence-electron chi connectivity index (χ2n) is 6.99. The van der Waals surface area contributed by atoms with Crippen molar-refractivity contribution in [3.63, 3.8) is 0 Å². The van der Waals surface area contributed by atoms with Crippen LogP contribution in [0.15, 0.2) is 29.6 Å². The third kappa shape index (κ3) is 4.11. The van der Waals surface area contributed by atoms with E-state index in [-0.39, 0.29) is 11.8 Å². The maximum absolute atomic E-state index is 13.0. The molecule has 0 radical (unpaired) electrons. The number of carbonyl (C=O) groups is 2. The van der Waals surface area contributed by atoms with Gasteiger partial charge in [-0.1, -0.05) is 26.0 Å². The molecule has 6 nitrogen and oxygen atoms in total. The number of likely N-dealkylation sites (tertiary alicyclic amines) is 1. The Kier molecular flexibility index (Phi) is 5.68. The average molecular weight is 372 g/mol. The molecule has 2 aromatic rings. The van der Waals surface area contributed by atoms with Crippen molar-refractivity contribution in [2.24, 2.45) is 17.6 Å². The van der Waals surface area contributed by atoms with Crippen LogP contribution in [0.25, 0.3) is 0 Å². The second-order valence-corrected chi connectivity index (χ2v) is 7.93. The minimum absolute atomic E-state index is 0.0415. The molecule has 0 spiro atoms. The fraction of sp³-hybridized carbons (Fsp3) is 0.421. The molecule has 0 saturated carbocycles. The maximum atomic E-state index is 13.0. The Labute approximate surface area is 157 Å². The van der Waals surface area contributed by atoms with Gasteiger partial charge in [-0.3, -0.25) is 9.59 Å². The number of rotatable bonds is 4. The predicted octanol–water partition coefficient (Wildman–Crippen LogP) is 2.97. The Balaban J connectivity index is 1.79. The lowest BCUT2D eigenvalue weighted by Crippen LogP contribution is -2.42. The predicted molar refractivity (Wildman–Crippen MR) is 103 cm³/mol. The Morgan fingerprint density at radius 3 is 2.62 bits per heavy atom. The van der Waals surface area contributed by atoms with E-state index < -0.39 is 0 Å². The number of amides is 2. The van der Waals surface area contributed by atoms with Crippen LogP contribution in [-0.4, -0.2) is 34.8 Å². The van der Waals surface area contributed by atoms with E-state index in [0.29, 0.717) is 40.3 Å². The largest absolute Gasteiger partial charge is 0.338 e. The van der Waals surface area contributed by atoms with Crippen LogP contribution in [0.4, 0.5) is 5.69 Å². The molecule has 0 aliphatic carbocycles. The van der Waals surface area contributed by atoms with E-state index in [9.17, 15) is 9.59 Å².